The molecule has 1 amide bonds. The van der Waals surface area contributed by atoms with E-state index in [1.807, 2.05) is 12.1 Å². The fourth-order valence-electron chi connectivity index (χ4n) is 4.46. The van der Waals surface area contributed by atoms with Gasteiger partial charge in [0.05, 0.1) is 6.42 Å². The predicted octanol–water partition coefficient (Wildman–Crippen LogP) is 3.61. The molecule has 3 unspecified atom stereocenters. The number of carboxylic acids is 1. The molecule has 0 aliphatic carbocycles. The van der Waals surface area contributed by atoms with Crippen LogP contribution < -0.4 is 10.1 Å². The van der Waals surface area contributed by atoms with Gasteiger partial charge in [0.15, 0.2) is 0 Å². The minimum absolute atomic E-state index is 0.0313. The van der Waals surface area contributed by atoms with Gasteiger partial charge in [0.25, 0.3) is 0 Å². The Labute approximate surface area is 191 Å². The summed E-state index contributed by atoms with van der Waals surface area (Å²) in [5.41, 5.74) is 1.20. The van der Waals surface area contributed by atoms with Crippen molar-refractivity contribution in [3.63, 3.8) is 0 Å². The Kier molecular flexibility index (Phi) is 9.25. The number of hydrogen-bond donors (Lipinski definition) is 2. The van der Waals surface area contributed by atoms with Crippen LogP contribution in [0.2, 0.25) is 0 Å². The van der Waals surface area contributed by atoms with Crippen LogP contribution in [-0.2, 0) is 19.8 Å². The van der Waals surface area contributed by atoms with Crippen molar-refractivity contribution < 1.29 is 24.2 Å². The lowest BCUT2D eigenvalue weighted by atomic mass is 9.74. The third kappa shape index (κ3) is 6.79. The van der Waals surface area contributed by atoms with Crippen molar-refractivity contribution in [3.05, 3.63) is 29.8 Å². The highest BCUT2D eigenvalue weighted by Gasteiger charge is 2.33. The molecule has 0 bridgehead atoms. The molecule has 1 aliphatic heterocycles. The van der Waals surface area contributed by atoms with Crippen LogP contribution in [0.4, 0.5) is 0 Å². The first-order valence-electron chi connectivity index (χ1n) is 11.6. The molecule has 1 saturated heterocycles. The van der Waals surface area contributed by atoms with Gasteiger partial charge in [-0.25, -0.2) is 4.79 Å². The number of carboxylic acid groups (broad SMARTS) is 1. The molecule has 7 heteroatoms. The summed E-state index contributed by atoms with van der Waals surface area (Å²) in [4.78, 5) is 38.5. The lowest BCUT2D eigenvalue weighted by Crippen LogP contribution is -2.46. The average molecular weight is 447 g/mol. The highest BCUT2D eigenvalue weighted by atomic mass is 16.5. The Hall–Kier alpha value is -2.41. The van der Waals surface area contributed by atoms with Gasteiger partial charge in [-0.05, 0) is 56.5 Å². The fraction of sp³-hybridized carbons (Fsp3) is 0.640. The van der Waals surface area contributed by atoms with Gasteiger partial charge in [-0.2, -0.15) is 0 Å². The largest absolute Gasteiger partial charge is 0.480 e. The van der Waals surface area contributed by atoms with Crippen LogP contribution >= 0.6 is 0 Å². The van der Waals surface area contributed by atoms with Gasteiger partial charge in [0.1, 0.15) is 11.8 Å². The van der Waals surface area contributed by atoms with Crippen LogP contribution in [0.5, 0.6) is 5.75 Å². The number of ether oxygens (including phenoxy) is 1. The van der Waals surface area contributed by atoms with Gasteiger partial charge in [0.2, 0.25) is 5.91 Å². The van der Waals surface area contributed by atoms with Crippen LogP contribution in [0.15, 0.2) is 24.3 Å². The number of esters is 1. The molecule has 7 nitrogen and oxygen atoms in total. The van der Waals surface area contributed by atoms with E-state index in [2.05, 4.69) is 30.3 Å². The van der Waals surface area contributed by atoms with Crippen molar-refractivity contribution in [3.8, 4) is 5.75 Å². The lowest BCUT2D eigenvalue weighted by molar-refractivity contribution is -0.144. The minimum Gasteiger partial charge on any atom is -0.480 e. The van der Waals surface area contributed by atoms with E-state index < -0.39 is 29.8 Å². The molecule has 1 heterocycles. The molecule has 178 valence electrons. The monoisotopic (exact) mass is 446 g/mol. The topological polar surface area (TPSA) is 95.9 Å². The van der Waals surface area contributed by atoms with E-state index in [1.54, 1.807) is 26.8 Å². The van der Waals surface area contributed by atoms with E-state index in [0.717, 1.165) is 25.9 Å². The number of nitrogens with one attached hydrogen (secondary N) is 1. The maximum Gasteiger partial charge on any atom is 0.326 e. The molecule has 1 aromatic rings. The number of aliphatic carboxylic acids is 1. The second kappa shape index (κ2) is 11.5. The molecule has 1 aromatic carbocycles. The van der Waals surface area contributed by atoms with E-state index >= 15 is 0 Å². The van der Waals surface area contributed by atoms with Gasteiger partial charge < -0.3 is 20.1 Å². The third-order valence-electron chi connectivity index (χ3n) is 6.52. The summed E-state index contributed by atoms with van der Waals surface area (Å²) in [5, 5.41) is 11.8. The normalized spacial score (nSPS) is 21.4. The van der Waals surface area contributed by atoms with E-state index in [-0.39, 0.29) is 17.8 Å². The third-order valence-corrected chi connectivity index (χ3v) is 6.52. The molecule has 0 aromatic heterocycles. The molecule has 3 atom stereocenters. The van der Waals surface area contributed by atoms with Crippen LogP contribution in [0.3, 0.4) is 0 Å². The smallest absolute Gasteiger partial charge is 0.326 e. The number of nitrogens with zero attached hydrogens (tertiary/aromatic N) is 1. The molecule has 0 spiro atoms. The number of likely N-dealkylation sites (tertiary alicyclic amines) is 1. The number of carbonyl (C=O) groups excluding carboxylic acids is 2. The van der Waals surface area contributed by atoms with Gasteiger partial charge in [-0.1, -0.05) is 46.2 Å². The Balaban J connectivity index is 2.04. The number of carbonyl (C=O) groups is 3. The lowest BCUT2D eigenvalue weighted by Gasteiger charge is -2.35. The summed E-state index contributed by atoms with van der Waals surface area (Å²) in [6.45, 7) is 9.31. The van der Waals surface area contributed by atoms with Gasteiger partial charge in [-0.15, -0.1) is 0 Å². The van der Waals surface area contributed by atoms with Crippen molar-refractivity contribution in [1.82, 2.24) is 10.2 Å². The Bertz CT molecular complexity index is 809. The fourth-order valence-corrected chi connectivity index (χ4v) is 4.46. The standard InChI is InChI=1S/C25H38N2O5/c1-6-25(12-7-8-13-27(5)16-25)19-10-9-11-20(15-19)32-21(28)14-18(4)23(29)26-22(17(2)3)24(30)31/h9-11,15,17-18,22H,6-8,12-14,16H2,1-5H3,(H,26,29)(H,30,31). The summed E-state index contributed by atoms with van der Waals surface area (Å²) < 4.78 is 5.57. The SMILES string of the molecule is CCC1(c2cccc(OC(=O)CC(C)C(=O)NC(C(=O)O)C(C)C)c2)CCCCN(C)C1. The quantitative estimate of drug-likeness (QED) is 0.444. The highest BCUT2D eigenvalue weighted by Crippen LogP contribution is 2.37. The molecular formula is C25H38N2O5. The zero-order valence-corrected chi connectivity index (χ0v) is 20.0. The molecule has 1 aliphatic rings. The maximum atomic E-state index is 12.5. The van der Waals surface area contributed by atoms with Crippen LogP contribution in [0, 0.1) is 11.8 Å². The summed E-state index contributed by atoms with van der Waals surface area (Å²) in [5.74, 6) is -2.54. The molecule has 2 N–H and O–H groups in total. The Morgan fingerprint density at radius 2 is 1.94 bits per heavy atom. The number of hydrogen-bond acceptors (Lipinski definition) is 5. The first-order valence-corrected chi connectivity index (χ1v) is 11.6. The van der Waals surface area contributed by atoms with Crippen molar-refractivity contribution in [2.45, 2.75) is 71.3 Å². The highest BCUT2D eigenvalue weighted by molar-refractivity contribution is 5.87. The number of likely N-dealkylation sites (N-methyl/N-ethyl adjacent to an activating group) is 1. The van der Waals surface area contributed by atoms with E-state index in [0.29, 0.717) is 5.75 Å². The van der Waals surface area contributed by atoms with E-state index in [9.17, 15) is 19.5 Å². The zero-order valence-electron chi connectivity index (χ0n) is 20.0. The van der Waals surface area contributed by atoms with Crippen molar-refractivity contribution in [2.75, 3.05) is 20.1 Å². The second-order valence-corrected chi connectivity index (χ2v) is 9.50. The van der Waals surface area contributed by atoms with Crippen molar-refractivity contribution in [1.29, 1.82) is 0 Å². The Morgan fingerprint density at radius 1 is 1.22 bits per heavy atom. The van der Waals surface area contributed by atoms with Crippen molar-refractivity contribution >= 4 is 17.8 Å². The number of amides is 1. The zero-order chi connectivity index (χ0) is 23.9. The van der Waals surface area contributed by atoms with Crippen molar-refractivity contribution in [2.24, 2.45) is 11.8 Å². The minimum atomic E-state index is -1.09. The molecular weight excluding hydrogens is 408 g/mol. The summed E-state index contributed by atoms with van der Waals surface area (Å²) in [6.07, 6.45) is 4.34. The van der Waals surface area contributed by atoms with Crippen LogP contribution in [-0.4, -0.2) is 54.0 Å². The first kappa shape index (κ1) is 25.8. The summed E-state index contributed by atoms with van der Waals surface area (Å²) >= 11 is 0. The number of benzene rings is 1. The molecule has 1 fully saturated rings. The van der Waals surface area contributed by atoms with Gasteiger partial charge in [-0.3, -0.25) is 9.59 Å². The Morgan fingerprint density at radius 3 is 2.56 bits per heavy atom. The predicted molar refractivity (Wildman–Crippen MR) is 124 cm³/mol. The van der Waals surface area contributed by atoms with Gasteiger partial charge >= 0.3 is 11.9 Å². The molecule has 32 heavy (non-hydrogen) atoms. The molecule has 2 rings (SSSR count). The van der Waals surface area contributed by atoms with Crippen LogP contribution in [0.1, 0.15) is 65.4 Å². The average Bonchev–Trinajstić information content (AvgIpc) is 2.93. The summed E-state index contributed by atoms with van der Waals surface area (Å²) in [6, 6.07) is 6.74. The van der Waals surface area contributed by atoms with Crippen LogP contribution in [0.25, 0.3) is 0 Å². The van der Waals surface area contributed by atoms with E-state index in [1.165, 1.54) is 18.4 Å². The maximum absolute atomic E-state index is 12.5. The van der Waals surface area contributed by atoms with Gasteiger partial charge in [0, 0.05) is 17.9 Å². The second-order valence-electron chi connectivity index (χ2n) is 9.50. The van der Waals surface area contributed by atoms with E-state index in [4.69, 9.17) is 4.74 Å². The number of rotatable bonds is 9. The first-order chi connectivity index (χ1) is 15.1. The summed E-state index contributed by atoms with van der Waals surface area (Å²) in [7, 11) is 2.15. The molecule has 0 saturated carbocycles. The molecule has 0 radical (unpaired) electrons.